The van der Waals surface area contributed by atoms with E-state index in [1.54, 1.807) is 13.3 Å². The van der Waals surface area contributed by atoms with Crippen LogP contribution in [-0.2, 0) is 13.1 Å². The van der Waals surface area contributed by atoms with Crippen LogP contribution in [0.25, 0.3) is 0 Å². The van der Waals surface area contributed by atoms with E-state index in [9.17, 15) is 0 Å². The van der Waals surface area contributed by atoms with Crippen LogP contribution < -0.4 is 20.1 Å². The lowest BCUT2D eigenvalue weighted by Crippen LogP contribution is -2.30. The number of benzene rings is 2. The van der Waals surface area contributed by atoms with Crippen molar-refractivity contribution in [3.8, 4) is 11.5 Å². The molecule has 0 saturated heterocycles. The zero-order valence-corrected chi connectivity index (χ0v) is 20.5. The normalized spacial score (nSPS) is 10.9. The largest absolute Gasteiger partial charge is 0.493 e. The van der Waals surface area contributed by atoms with Crippen molar-refractivity contribution in [2.45, 2.75) is 26.9 Å². The Bertz CT molecular complexity index is 960. The summed E-state index contributed by atoms with van der Waals surface area (Å²) in [6.45, 7) is 6.66. The number of hydrogen-bond acceptors (Lipinski definition) is 4. The van der Waals surface area contributed by atoms with E-state index < -0.39 is 0 Å². The molecular weight excluding hydrogens is 505 g/mol. The van der Waals surface area contributed by atoms with Crippen LogP contribution in [-0.4, -0.2) is 36.0 Å². The van der Waals surface area contributed by atoms with Gasteiger partial charge in [0.05, 0.1) is 26.8 Å². The highest BCUT2D eigenvalue weighted by atomic mass is 127. The van der Waals surface area contributed by atoms with E-state index >= 15 is 0 Å². The summed E-state index contributed by atoms with van der Waals surface area (Å²) in [6, 6.07) is 16.1. The van der Waals surface area contributed by atoms with Crippen LogP contribution in [0.4, 0.5) is 5.69 Å². The second kappa shape index (κ2) is 12.8. The number of rotatable bonds is 9. The third kappa shape index (κ3) is 7.46. The van der Waals surface area contributed by atoms with Gasteiger partial charge in [0.1, 0.15) is 0 Å². The summed E-state index contributed by atoms with van der Waals surface area (Å²) in [4.78, 5) is 4.73. The number of aromatic nitrogens is 2. The molecule has 0 amide bonds. The predicted octanol–water partition coefficient (Wildman–Crippen LogP) is 4.53. The topological polar surface area (TPSA) is 72.7 Å². The maximum atomic E-state index is 5.58. The Labute approximate surface area is 200 Å². The number of methoxy groups -OCH3 is 1. The molecule has 0 saturated carbocycles. The maximum Gasteiger partial charge on any atom is 0.196 e. The fourth-order valence-electron chi connectivity index (χ4n) is 3.04. The minimum Gasteiger partial charge on any atom is -0.493 e. The van der Waals surface area contributed by atoms with Crippen molar-refractivity contribution in [1.82, 2.24) is 15.1 Å². The first-order valence-electron chi connectivity index (χ1n) is 10.1. The Hall–Kier alpha value is -2.75. The molecule has 2 N–H and O–H groups in total. The van der Waals surface area contributed by atoms with E-state index in [1.807, 2.05) is 49.0 Å². The number of guanidine groups is 1. The smallest absolute Gasteiger partial charge is 0.196 e. The molecule has 8 heteroatoms. The average molecular weight is 535 g/mol. The van der Waals surface area contributed by atoms with Gasteiger partial charge in [0.15, 0.2) is 17.5 Å². The molecule has 0 bridgehead atoms. The molecule has 166 valence electrons. The summed E-state index contributed by atoms with van der Waals surface area (Å²) in [6.07, 6.45) is 3.75. The molecule has 2 aromatic carbocycles. The summed E-state index contributed by atoms with van der Waals surface area (Å²) < 4.78 is 12.9. The quantitative estimate of drug-likeness (QED) is 0.239. The van der Waals surface area contributed by atoms with Crippen LogP contribution in [0.2, 0.25) is 0 Å². The lowest BCUT2D eigenvalue weighted by molar-refractivity contribution is 0.311. The van der Waals surface area contributed by atoms with Crippen LogP contribution in [0.15, 0.2) is 65.9 Å². The van der Waals surface area contributed by atoms with Crippen LogP contribution in [0, 0.1) is 0 Å². The van der Waals surface area contributed by atoms with Crippen molar-refractivity contribution < 1.29 is 9.47 Å². The Kier molecular flexibility index (Phi) is 10.2. The van der Waals surface area contributed by atoms with Gasteiger partial charge in [0.25, 0.3) is 0 Å². The second-order valence-corrected chi connectivity index (χ2v) is 6.64. The van der Waals surface area contributed by atoms with Gasteiger partial charge >= 0.3 is 0 Å². The number of hydrogen-bond donors (Lipinski definition) is 2. The summed E-state index contributed by atoms with van der Waals surface area (Å²) in [5.74, 6) is 2.12. The zero-order valence-electron chi connectivity index (χ0n) is 18.2. The van der Waals surface area contributed by atoms with Gasteiger partial charge in [0, 0.05) is 30.7 Å². The second-order valence-electron chi connectivity index (χ2n) is 6.64. The molecule has 0 atom stereocenters. The first-order chi connectivity index (χ1) is 14.7. The van der Waals surface area contributed by atoms with Gasteiger partial charge in [-0.05, 0) is 43.2 Å². The third-order valence-electron chi connectivity index (χ3n) is 4.39. The minimum atomic E-state index is 0. The van der Waals surface area contributed by atoms with Gasteiger partial charge in [-0.25, -0.2) is 4.99 Å². The van der Waals surface area contributed by atoms with E-state index in [1.165, 1.54) is 5.56 Å². The highest BCUT2D eigenvalue weighted by Gasteiger charge is 2.07. The molecule has 0 radical (unpaired) electrons. The zero-order chi connectivity index (χ0) is 21.2. The standard InChI is InChI=1S/C23H29N5O2.HI/c1-4-24-23(27-20-10-11-21(30-5-2)22(15-20)29-3)25-16-18-8-6-9-19(14-18)17-28-13-7-12-26-28;/h6-15H,4-5,16-17H2,1-3H3,(H2,24,25,27);1H. The van der Waals surface area contributed by atoms with Crippen molar-refractivity contribution in [1.29, 1.82) is 0 Å². The molecule has 3 rings (SSSR count). The first-order valence-corrected chi connectivity index (χ1v) is 10.1. The van der Waals surface area contributed by atoms with Crippen LogP contribution in [0.5, 0.6) is 11.5 Å². The van der Waals surface area contributed by atoms with E-state index in [-0.39, 0.29) is 24.0 Å². The summed E-state index contributed by atoms with van der Waals surface area (Å²) in [5, 5.41) is 10.9. The molecular formula is C23H30IN5O2. The average Bonchev–Trinajstić information content (AvgIpc) is 3.26. The molecule has 31 heavy (non-hydrogen) atoms. The number of halogens is 1. The molecule has 0 unspecified atom stereocenters. The SMILES string of the molecule is CCNC(=NCc1cccc(Cn2cccn2)c1)Nc1ccc(OCC)c(OC)c1.I. The van der Waals surface area contributed by atoms with Gasteiger partial charge in [-0.2, -0.15) is 5.10 Å². The minimum absolute atomic E-state index is 0. The highest BCUT2D eigenvalue weighted by molar-refractivity contribution is 14.0. The van der Waals surface area contributed by atoms with Crippen molar-refractivity contribution in [2.75, 3.05) is 25.6 Å². The van der Waals surface area contributed by atoms with Crippen LogP contribution in [0.3, 0.4) is 0 Å². The summed E-state index contributed by atoms with van der Waals surface area (Å²) in [5.41, 5.74) is 3.21. The number of anilines is 1. The van der Waals surface area contributed by atoms with E-state index in [0.29, 0.717) is 24.9 Å². The van der Waals surface area contributed by atoms with Gasteiger partial charge in [-0.3, -0.25) is 4.68 Å². The number of ether oxygens (including phenoxy) is 2. The van der Waals surface area contributed by atoms with E-state index in [2.05, 4.69) is 40.0 Å². The molecule has 0 fully saturated rings. The summed E-state index contributed by atoms with van der Waals surface area (Å²) in [7, 11) is 1.64. The Morgan fingerprint density at radius 2 is 1.90 bits per heavy atom. The van der Waals surface area contributed by atoms with Gasteiger partial charge in [-0.15, -0.1) is 24.0 Å². The van der Waals surface area contributed by atoms with Crippen molar-refractivity contribution in [3.05, 3.63) is 72.1 Å². The Morgan fingerprint density at radius 3 is 2.61 bits per heavy atom. The van der Waals surface area contributed by atoms with Crippen molar-refractivity contribution >= 4 is 35.6 Å². The molecule has 3 aromatic rings. The molecule has 7 nitrogen and oxygen atoms in total. The van der Waals surface area contributed by atoms with Crippen LogP contribution >= 0.6 is 24.0 Å². The summed E-state index contributed by atoms with van der Waals surface area (Å²) >= 11 is 0. The van der Waals surface area contributed by atoms with Gasteiger partial charge < -0.3 is 20.1 Å². The van der Waals surface area contributed by atoms with Gasteiger partial charge in [0.2, 0.25) is 0 Å². The fourth-order valence-corrected chi connectivity index (χ4v) is 3.04. The molecule has 0 aliphatic carbocycles. The first kappa shape index (κ1) is 24.5. The molecule has 0 aliphatic heterocycles. The number of nitrogens with one attached hydrogen (secondary N) is 2. The van der Waals surface area contributed by atoms with E-state index in [0.717, 1.165) is 30.1 Å². The Balaban J connectivity index is 0.00000341. The predicted molar refractivity (Wildman–Crippen MR) is 136 cm³/mol. The lowest BCUT2D eigenvalue weighted by Gasteiger charge is -2.14. The van der Waals surface area contributed by atoms with Crippen molar-refractivity contribution in [3.63, 3.8) is 0 Å². The van der Waals surface area contributed by atoms with Crippen molar-refractivity contribution in [2.24, 2.45) is 4.99 Å². The van der Waals surface area contributed by atoms with E-state index in [4.69, 9.17) is 14.5 Å². The molecule has 1 aromatic heterocycles. The Morgan fingerprint density at radius 1 is 1.06 bits per heavy atom. The van der Waals surface area contributed by atoms with Crippen LogP contribution in [0.1, 0.15) is 25.0 Å². The maximum absolute atomic E-state index is 5.58. The van der Waals surface area contributed by atoms with Gasteiger partial charge in [-0.1, -0.05) is 24.3 Å². The molecule has 0 spiro atoms. The number of nitrogens with zero attached hydrogens (tertiary/aromatic N) is 3. The fraction of sp³-hybridized carbons (Fsp3) is 0.304. The lowest BCUT2D eigenvalue weighted by atomic mass is 10.1. The third-order valence-corrected chi connectivity index (χ3v) is 4.39. The highest BCUT2D eigenvalue weighted by Crippen LogP contribution is 2.30. The molecule has 1 heterocycles. The number of aliphatic imine (C=N–C) groups is 1. The molecule has 0 aliphatic rings. The monoisotopic (exact) mass is 535 g/mol.